The molecule has 23 valence electrons. The van der Waals surface area contributed by atoms with Crippen LogP contribution in [0.4, 0.5) is 0 Å². The average Bonchev–Trinajstić information content (AvgIpc) is 0.918. The van der Waals surface area contributed by atoms with Crippen molar-refractivity contribution in [2.45, 2.75) is 0 Å². The molecule has 0 aliphatic carbocycles. The second-order valence-electron chi connectivity index (χ2n) is 0.0816. The van der Waals surface area contributed by atoms with Crippen LogP contribution in [0, 0.1) is 35.6 Å². The Balaban J connectivity index is 0. The van der Waals surface area contributed by atoms with Crippen LogP contribution in [0.2, 0.25) is 0 Å². The molecule has 0 fully saturated rings. The van der Waals surface area contributed by atoms with E-state index in [1.807, 2.05) is 0 Å². The zero-order valence-corrected chi connectivity index (χ0v) is 5.51. The Morgan fingerprint density at radius 1 is 1.25 bits per heavy atom. The normalized spacial score (nSPS) is 4.50. The molecule has 4 heteroatoms. The molecular formula is H2LaO3. The summed E-state index contributed by atoms with van der Waals surface area (Å²) in [6.07, 6.45) is 0. The van der Waals surface area contributed by atoms with E-state index < -0.39 is 0 Å². The van der Waals surface area contributed by atoms with Gasteiger partial charge in [0, 0.05) is 35.6 Å². The first-order valence-electron chi connectivity index (χ1n) is 0.365. The van der Waals surface area contributed by atoms with E-state index in [1.165, 1.54) is 0 Å². The van der Waals surface area contributed by atoms with Crippen LogP contribution >= 0.6 is 0 Å². The third-order valence-electron chi connectivity index (χ3n) is 0. The van der Waals surface area contributed by atoms with Crippen molar-refractivity contribution >= 4 is 0 Å². The molecule has 0 spiro atoms. The van der Waals surface area contributed by atoms with Crippen LogP contribution in [0.1, 0.15) is 0 Å². The van der Waals surface area contributed by atoms with Crippen LogP contribution in [0.5, 0.6) is 0 Å². The molecule has 0 amide bonds. The van der Waals surface area contributed by atoms with Gasteiger partial charge in [0.25, 0.3) is 0 Å². The Morgan fingerprint density at radius 3 is 1.25 bits per heavy atom. The Morgan fingerprint density at radius 2 is 1.25 bits per heavy atom. The van der Waals surface area contributed by atoms with E-state index in [1.54, 1.807) is 0 Å². The van der Waals surface area contributed by atoms with E-state index in [-0.39, 0.29) is 35.6 Å². The smallest absolute Gasteiger partial charge is 0 e. The second-order valence-corrected chi connectivity index (χ2v) is 0.0816. The van der Waals surface area contributed by atoms with Gasteiger partial charge in [-0.05, 0) is 0 Å². The van der Waals surface area contributed by atoms with Crippen LogP contribution in [-0.4, -0.2) is 10.5 Å². The second kappa shape index (κ2) is 8.95. The summed E-state index contributed by atoms with van der Waals surface area (Å²) < 4.78 is 0. The molecule has 0 aromatic heterocycles. The first kappa shape index (κ1) is 8.91. The first-order chi connectivity index (χ1) is 1.41. The van der Waals surface area contributed by atoms with Gasteiger partial charge in [-0.3, -0.25) is 0 Å². The summed E-state index contributed by atoms with van der Waals surface area (Å²) in [4.78, 5) is 0. The van der Waals surface area contributed by atoms with E-state index in [0.29, 0.717) is 0 Å². The Bertz CT molecular complexity index is 3.25. The topological polar surface area (TPSA) is 49.7 Å². The molecule has 4 heavy (non-hydrogen) atoms. The molecule has 0 aromatic carbocycles. The summed E-state index contributed by atoms with van der Waals surface area (Å²) in [7, 11) is 0. The number of rotatable bonds is 0. The van der Waals surface area contributed by atoms with Gasteiger partial charge in [0.1, 0.15) is 0 Å². The zero-order valence-electron chi connectivity index (χ0n) is 1.88. The summed E-state index contributed by atoms with van der Waals surface area (Å²) in [6.45, 7) is 0. The SMILES string of the molecule is OOO.[La]. The Kier molecular flexibility index (Phi) is 19.9. The minimum absolute atomic E-state index is 0. The van der Waals surface area contributed by atoms with Crippen molar-refractivity contribution in [3.8, 4) is 0 Å². The van der Waals surface area contributed by atoms with Crippen molar-refractivity contribution in [1.82, 2.24) is 0 Å². The summed E-state index contributed by atoms with van der Waals surface area (Å²) in [5, 5.41) is 15.5. The minimum atomic E-state index is 0. The molecule has 0 aromatic rings. The molecule has 0 unspecified atom stereocenters. The van der Waals surface area contributed by atoms with Gasteiger partial charge in [0.05, 0.1) is 0 Å². The van der Waals surface area contributed by atoms with Gasteiger partial charge >= 0.3 is 0 Å². The zero-order chi connectivity index (χ0) is 2.71. The summed E-state index contributed by atoms with van der Waals surface area (Å²) in [5.41, 5.74) is 0. The third kappa shape index (κ3) is 11.5. The maximum absolute atomic E-state index is 6.62. The quantitative estimate of drug-likeness (QED) is 0.414. The molecule has 3 nitrogen and oxygen atoms in total. The average molecular weight is 189 g/mol. The maximum atomic E-state index is 6.62. The van der Waals surface area contributed by atoms with Crippen molar-refractivity contribution in [1.29, 1.82) is 0 Å². The molecule has 0 aliphatic rings. The molecule has 0 aliphatic heterocycles. The standard InChI is InChI=1S/La.H2O3/c;1-3-2/h;1-2H. The molecule has 2 N–H and O–H groups in total. The number of hydrogen-bond acceptors (Lipinski definition) is 3. The van der Waals surface area contributed by atoms with Gasteiger partial charge in [-0.25, -0.2) is 10.5 Å². The molecule has 1 radical (unpaired) electrons. The van der Waals surface area contributed by atoms with E-state index in [9.17, 15) is 0 Å². The monoisotopic (exact) mass is 189 g/mol. The van der Waals surface area contributed by atoms with Gasteiger partial charge in [-0.1, -0.05) is 5.04 Å². The Hall–Kier alpha value is 1.07. The Labute approximate surface area is 51.0 Å². The van der Waals surface area contributed by atoms with Gasteiger partial charge in [0.15, 0.2) is 0 Å². The minimum Gasteiger partial charge on any atom is -0.221 e. The fraction of sp³-hybridized carbons (Fsp3) is 0. The summed E-state index contributed by atoms with van der Waals surface area (Å²) in [5.74, 6) is 0. The van der Waals surface area contributed by atoms with Gasteiger partial charge in [0.2, 0.25) is 0 Å². The summed E-state index contributed by atoms with van der Waals surface area (Å²) >= 11 is 0. The van der Waals surface area contributed by atoms with E-state index in [2.05, 4.69) is 5.04 Å². The first-order valence-corrected chi connectivity index (χ1v) is 0.365. The van der Waals surface area contributed by atoms with E-state index in [4.69, 9.17) is 10.5 Å². The fourth-order valence-corrected chi connectivity index (χ4v) is 0. The van der Waals surface area contributed by atoms with Crippen molar-refractivity contribution in [3.05, 3.63) is 0 Å². The molecule has 0 heterocycles. The van der Waals surface area contributed by atoms with Crippen molar-refractivity contribution in [3.63, 3.8) is 0 Å². The third-order valence-corrected chi connectivity index (χ3v) is 0. The van der Waals surface area contributed by atoms with Crippen LogP contribution in [0.3, 0.4) is 0 Å². The molecule has 0 saturated carbocycles. The predicted molar refractivity (Wildman–Crippen MR) is 6.34 cm³/mol. The molecule has 0 atom stereocenters. The van der Waals surface area contributed by atoms with Crippen LogP contribution < -0.4 is 0 Å². The van der Waals surface area contributed by atoms with Gasteiger partial charge in [-0.2, -0.15) is 0 Å². The molecule has 0 bridgehead atoms. The fourth-order valence-electron chi connectivity index (χ4n) is 0. The predicted octanol–water partition coefficient (Wildman–Crippen LogP) is -0.0510. The molecular weight excluding hydrogens is 187 g/mol. The van der Waals surface area contributed by atoms with Crippen LogP contribution in [0.25, 0.3) is 0 Å². The van der Waals surface area contributed by atoms with Crippen LogP contribution in [-0.2, 0) is 5.04 Å². The van der Waals surface area contributed by atoms with Gasteiger partial charge < -0.3 is 0 Å². The van der Waals surface area contributed by atoms with Crippen molar-refractivity contribution in [2.24, 2.45) is 0 Å². The summed E-state index contributed by atoms with van der Waals surface area (Å²) in [6, 6.07) is 0. The van der Waals surface area contributed by atoms with Crippen molar-refractivity contribution in [2.75, 3.05) is 0 Å². The van der Waals surface area contributed by atoms with E-state index in [0.717, 1.165) is 0 Å². The van der Waals surface area contributed by atoms with Gasteiger partial charge in [-0.15, -0.1) is 0 Å². The van der Waals surface area contributed by atoms with E-state index >= 15 is 0 Å². The molecule has 0 saturated heterocycles. The maximum Gasteiger partial charge on any atom is 0 e. The van der Waals surface area contributed by atoms with Crippen LogP contribution in [0.15, 0.2) is 0 Å². The largest absolute Gasteiger partial charge is 0.221 e. The molecule has 0 rings (SSSR count). The number of hydrogen-bond donors (Lipinski definition) is 2. The van der Waals surface area contributed by atoms with Crippen molar-refractivity contribution < 1.29 is 51.2 Å².